The molecule has 0 unspecified atom stereocenters. The molecule has 0 bridgehead atoms. The molecule has 10 nitrogen and oxygen atoms in total. The standard InChI is InChI=1S/C24H56N4O6P/c1-9-11-12-25(10-2)35(26(13-19-29-3)14-20-30-4,27(15-21-31-5)16-22-32-6)28(17-23-33-7)18-24-34-8/h9-24H2,1-8H3/q+1. The van der Waals surface area contributed by atoms with E-state index in [0.29, 0.717) is 39.6 Å². The van der Waals surface area contributed by atoms with Crippen LogP contribution in [0.5, 0.6) is 0 Å². The third kappa shape index (κ3) is 12.0. The van der Waals surface area contributed by atoms with Crippen molar-refractivity contribution in [3.8, 4) is 0 Å². The Hall–Kier alpha value is 0.0300. The number of hydrogen-bond donors (Lipinski definition) is 0. The first-order chi connectivity index (χ1) is 17.1. The van der Waals surface area contributed by atoms with E-state index in [1.165, 1.54) is 0 Å². The molecule has 0 atom stereocenters. The maximum absolute atomic E-state index is 5.61. The lowest BCUT2D eigenvalue weighted by molar-refractivity contribution is 0.101. The largest absolute Gasteiger partial charge is 0.383 e. The Balaban J connectivity index is 7.04. The van der Waals surface area contributed by atoms with Crippen LogP contribution in [0.15, 0.2) is 0 Å². The van der Waals surface area contributed by atoms with Crippen LogP contribution >= 0.6 is 7.87 Å². The summed E-state index contributed by atoms with van der Waals surface area (Å²) in [5, 5.41) is 0. The maximum atomic E-state index is 5.61. The molecular formula is C24H56N4O6P+. The molecule has 0 rings (SSSR count). The SMILES string of the molecule is CCCCN(CC)[P+](N(CCOC)CCOC)(N(CCOC)CCOC)N(CCOC)CCOC. The Labute approximate surface area is 216 Å². The lowest BCUT2D eigenvalue weighted by Gasteiger charge is -2.51. The summed E-state index contributed by atoms with van der Waals surface area (Å²) >= 11 is 0. The molecule has 0 aliphatic rings. The van der Waals surface area contributed by atoms with E-state index in [0.717, 1.165) is 65.2 Å². The quantitative estimate of drug-likeness (QED) is 0.157. The van der Waals surface area contributed by atoms with Gasteiger partial charge in [-0.2, -0.15) is 0 Å². The average Bonchev–Trinajstić information content (AvgIpc) is 2.88. The van der Waals surface area contributed by atoms with Crippen LogP contribution in [-0.4, -0.2) is 153 Å². The van der Waals surface area contributed by atoms with Crippen LogP contribution in [0.4, 0.5) is 0 Å². The summed E-state index contributed by atoms with van der Waals surface area (Å²) in [5.74, 6) is 0. The minimum atomic E-state index is -2.29. The highest BCUT2D eigenvalue weighted by molar-refractivity contribution is 7.66. The van der Waals surface area contributed by atoms with E-state index in [9.17, 15) is 0 Å². The molecule has 35 heavy (non-hydrogen) atoms. The second-order valence-electron chi connectivity index (χ2n) is 8.25. The van der Waals surface area contributed by atoms with Gasteiger partial charge in [0.25, 0.3) is 0 Å². The van der Waals surface area contributed by atoms with Gasteiger partial charge in [0.1, 0.15) is 0 Å². The van der Waals surface area contributed by atoms with Crippen LogP contribution < -0.4 is 0 Å². The summed E-state index contributed by atoms with van der Waals surface area (Å²) in [5.41, 5.74) is 0. The van der Waals surface area contributed by atoms with Crippen molar-refractivity contribution in [2.24, 2.45) is 0 Å². The van der Waals surface area contributed by atoms with Crippen molar-refractivity contribution in [3.05, 3.63) is 0 Å². The van der Waals surface area contributed by atoms with Gasteiger partial charge in [0.05, 0.1) is 78.9 Å². The number of nitrogens with zero attached hydrogens (tertiary/aromatic N) is 4. The Morgan fingerprint density at radius 3 is 0.914 bits per heavy atom. The Bertz CT molecular complexity index is 395. The van der Waals surface area contributed by atoms with E-state index in [-0.39, 0.29) is 0 Å². The number of unbranched alkanes of at least 4 members (excludes halogenated alkanes) is 1. The zero-order valence-electron chi connectivity index (χ0n) is 24.0. The molecule has 11 heteroatoms. The van der Waals surface area contributed by atoms with E-state index in [1.807, 2.05) is 0 Å². The van der Waals surface area contributed by atoms with Crippen LogP contribution in [0, 0.1) is 0 Å². The van der Waals surface area contributed by atoms with Gasteiger partial charge in [0, 0.05) is 55.7 Å². The molecule has 0 aliphatic carbocycles. The summed E-state index contributed by atoms with van der Waals surface area (Å²) in [7, 11) is 8.32. The molecule has 0 heterocycles. The Kier molecular flexibility index (Phi) is 23.2. The van der Waals surface area contributed by atoms with Crippen molar-refractivity contribution < 1.29 is 28.4 Å². The summed E-state index contributed by atoms with van der Waals surface area (Å²) in [6.07, 6.45) is 2.27. The molecule has 0 spiro atoms. The molecule has 0 aromatic heterocycles. The van der Waals surface area contributed by atoms with Gasteiger partial charge in [-0.05, 0) is 13.3 Å². The smallest absolute Gasteiger partial charge is 0.309 e. The Morgan fingerprint density at radius 2 is 0.714 bits per heavy atom. The summed E-state index contributed by atoms with van der Waals surface area (Å²) in [6.45, 7) is 15.1. The predicted octanol–water partition coefficient (Wildman–Crippen LogP) is 2.57. The number of hydrogen-bond acceptors (Lipinski definition) is 10. The van der Waals surface area contributed by atoms with Crippen LogP contribution in [0.1, 0.15) is 26.7 Å². The van der Waals surface area contributed by atoms with Crippen molar-refractivity contribution in [1.82, 2.24) is 18.7 Å². The molecule has 0 N–H and O–H groups in total. The normalized spacial score (nSPS) is 12.7. The molecule has 0 amide bonds. The first-order valence-corrected chi connectivity index (χ1v) is 14.5. The predicted molar refractivity (Wildman–Crippen MR) is 145 cm³/mol. The second-order valence-corrected chi connectivity index (χ2v) is 11.6. The lowest BCUT2D eigenvalue weighted by atomic mass is 10.3. The highest BCUT2D eigenvalue weighted by atomic mass is 31.2. The highest BCUT2D eigenvalue weighted by Crippen LogP contribution is 2.69. The zero-order valence-corrected chi connectivity index (χ0v) is 24.9. The fourth-order valence-electron chi connectivity index (χ4n) is 4.22. The van der Waals surface area contributed by atoms with Gasteiger partial charge in [0.15, 0.2) is 0 Å². The van der Waals surface area contributed by atoms with Gasteiger partial charge in [-0.3, -0.25) is 0 Å². The van der Waals surface area contributed by atoms with E-state index in [2.05, 4.69) is 32.5 Å². The van der Waals surface area contributed by atoms with Crippen LogP contribution in [0.2, 0.25) is 0 Å². The first-order valence-electron chi connectivity index (χ1n) is 12.9. The molecule has 0 saturated carbocycles. The van der Waals surface area contributed by atoms with Gasteiger partial charge < -0.3 is 28.4 Å². The van der Waals surface area contributed by atoms with Crippen molar-refractivity contribution in [1.29, 1.82) is 0 Å². The summed E-state index contributed by atoms with van der Waals surface area (Å²) < 4.78 is 44.2. The fraction of sp³-hybridized carbons (Fsp3) is 1.00. The van der Waals surface area contributed by atoms with E-state index >= 15 is 0 Å². The van der Waals surface area contributed by atoms with E-state index in [4.69, 9.17) is 28.4 Å². The van der Waals surface area contributed by atoms with Crippen molar-refractivity contribution >= 4 is 7.87 Å². The summed E-state index contributed by atoms with van der Waals surface area (Å²) in [4.78, 5) is 0. The van der Waals surface area contributed by atoms with Gasteiger partial charge in [-0.15, -0.1) is 18.7 Å². The van der Waals surface area contributed by atoms with Crippen molar-refractivity contribution in [3.63, 3.8) is 0 Å². The molecule has 0 radical (unpaired) electrons. The number of methoxy groups -OCH3 is 6. The molecule has 0 fully saturated rings. The number of rotatable bonds is 26. The van der Waals surface area contributed by atoms with Gasteiger partial charge in [-0.25, -0.2) is 0 Å². The molecular weight excluding hydrogens is 471 g/mol. The minimum absolute atomic E-state index is 0.640. The van der Waals surface area contributed by atoms with E-state index in [1.54, 1.807) is 42.7 Å². The van der Waals surface area contributed by atoms with Crippen molar-refractivity contribution in [2.45, 2.75) is 26.7 Å². The second kappa shape index (κ2) is 23.2. The Morgan fingerprint density at radius 1 is 0.429 bits per heavy atom. The minimum Gasteiger partial charge on any atom is -0.383 e. The maximum Gasteiger partial charge on any atom is 0.309 e. The van der Waals surface area contributed by atoms with Gasteiger partial charge >= 0.3 is 7.87 Å². The monoisotopic (exact) mass is 527 g/mol. The highest BCUT2D eigenvalue weighted by Gasteiger charge is 2.60. The first kappa shape index (κ1) is 35.0. The molecule has 0 aliphatic heterocycles. The molecule has 212 valence electrons. The zero-order chi connectivity index (χ0) is 26.4. The van der Waals surface area contributed by atoms with Gasteiger partial charge in [-0.1, -0.05) is 13.3 Å². The molecule has 0 saturated heterocycles. The third-order valence-electron chi connectivity index (χ3n) is 5.97. The van der Waals surface area contributed by atoms with Crippen LogP contribution in [-0.2, 0) is 28.4 Å². The molecule has 0 aromatic rings. The topological polar surface area (TPSA) is 68.3 Å². The average molecular weight is 528 g/mol. The van der Waals surface area contributed by atoms with Gasteiger partial charge in [0.2, 0.25) is 0 Å². The van der Waals surface area contributed by atoms with Crippen LogP contribution in [0.3, 0.4) is 0 Å². The lowest BCUT2D eigenvalue weighted by Crippen LogP contribution is -2.56. The van der Waals surface area contributed by atoms with Crippen molar-refractivity contribution in [2.75, 3.05) is 135 Å². The number of ether oxygens (including phenoxy) is 6. The summed E-state index contributed by atoms with van der Waals surface area (Å²) in [6, 6.07) is 0. The third-order valence-corrected chi connectivity index (χ3v) is 10.7. The fourth-order valence-corrected chi connectivity index (χ4v) is 9.25. The molecule has 0 aromatic carbocycles. The van der Waals surface area contributed by atoms with Crippen LogP contribution in [0.25, 0.3) is 0 Å². The van der Waals surface area contributed by atoms with E-state index < -0.39 is 7.87 Å².